The number of nitrogens with zero attached hydrogens (tertiary/aromatic N) is 1. The molecule has 1 N–H and O–H groups in total. The standard InChI is InChI=1S/C12H20N2O/c1-9-5-4-6-10(7-9)14-11(15)12(2,3)8-13/h9-10H,4-7H2,1-3H3,(H,14,15). The molecule has 1 aliphatic rings. The number of hydrogen-bond donors (Lipinski definition) is 1. The van der Waals surface area contributed by atoms with E-state index < -0.39 is 5.41 Å². The van der Waals surface area contributed by atoms with Gasteiger partial charge in [-0.2, -0.15) is 5.26 Å². The van der Waals surface area contributed by atoms with Gasteiger partial charge in [-0.15, -0.1) is 0 Å². The minimum absolute atomic E-state index is 0.135. The number of rotatable bonds is 2. The zero-order valence-electron chi connectivity index (χ0n) is 9.84. The van der Waals surface area contributed by atoms with Crippen molar-refractivity contribution in [2.45, 2.75) is 52.5 Å². The molecule has 3 heteroatoms. The van der Waals surface area contributed by atoms with E-state index >= 15 is 0 Å². The zero-order chi connectivity index (χ0) is 11.5. The van der Waals surface area contributed by atoms with Gasteiger partial charge in [0, 0.05) is 6.04 Å². The van der Waals surface area contributed by atoms with Crippen LogP contribution in [0.5, 0.6) is 0 Å². The number of hydrogen-bond acceptors (Lipinski definition) is 2. The van der Waals surface area contributed by atoms with Crippen LogP contribution < -0.4 is 5.32 Å². The van der Waals surface area contributed by atoms with Crippen LogP contribution in [0.4, 0.5) is 0 Å². The van der Waals surface area contributed by atoms with Crippen LogP contribution in [0, 0.1) is 22.7 Å². The van der Waals surface area contributed by atoms with Crippen LogP contribution in [-0.4, -0.2) is 11.9 Å². The quantitative estimate of drug-likeness (QED) is 0.756. The maximum absolute atomic E-state index is 11.7. The Labute approximate surface area is 91.9 Å². The molecule has 0 saturated heterocycles. The van der Waals surface area contributed by atoms with Crippen LogP contribution in [0.15, 0.2) is 0 Å². The van der Waals surface area contributed by atoms with Gasteiger partial charge in [0.25, 0.3) is 0 Å². The van der Waals surface area contributed by atoms with Gasteiger partial charge in [-0.3, -0.25) is 4.79 Å². The monoisotopic (exact) mass is 208 g/mol. The first kappa shape index (κ1) is 12.0. The van der Waals surface area contributed by atoms with Gasteiger partial charge in [0.15, 0.2) is 0 Å². The van der Waals surface area contributed by atoms with Crippen LogP contribution in [0.3, 0.4) is 0 Å². The topological polar surface area (TPSA) is 52.9 Å². The van der Waals surface area contributed by atoms with E-state index in [-0.39, 0.29) is 11.9 Å². The van der Waals surface area contributed by atoms with Crippen LogP contribution in [0.1, 0.15) is 46.5 Å². The highest BCUT2D eigenvalue weighted by Gasteiger charge is 2.30. The third-order valence-electron chi connectivity index (χ3n) is 3.12. The van der Waals surface area contributed by atoms with Crippen molar-refractivity contribution in [2.75, 3.05) is 0 Å². The maximum atomic E-state index is 11.7. The predicted molar refractivity (Wildman–Crippen MR) is 59.0 cm³/mol. The van der Waals surface area contributed by atoms with Gasteiger partial charge in [0.2, 0.25) is 5.91 Å². The van der Waals surface area contributed by atoms with Gasteiger partial charge in [0.1, 0.15) is 5.41 Å². The average molecular weight is 208 g/mol. The predicted octanol–water partition coefficient (Wildman–Crippen LogP) is 2.23. The lowest BCUT2D eigenvalue weighted by Crippen LogP contribution is -2.44. The fraction of sp³-hybridized carbons (Fsp3) is 0.833. The molecule has 15 heavy (non-hydrogen) atoms. The van der Waals surface area contributed by atoms with Crippen molar-refractivity contribution < 1.29 is 4.79 Å². The molecule has 2 unspecified atom stereocenters. The van der Waals surface area contributed by atoms with E-state index in [1.807, 2.05) is 6.07 Å². The van der Waals surface area contributed by atoms with Crippen LogP contribution >= 0.6 is 0 Å². The summed E-state index contributed by atoms with van der Waals surface area (Å²) in [7, 11) is 0. The highest BCUT2D eigenvalue weighted by atomic mass is 16.2. The molecular formula is C12H20N2O. The van der Waals surface area contributed by atoms with Crippen LogP contribution in [0.2, 0.25) is 0 Å². The Hall–Kier alpha value is -1.04. The molecule has 1 rings (SSSR count). The van der Waals surface area contributed by atoms with Crippen molar-refractivity contribution >= 4 is 5.91 Å². The Bertz CT molecular complexity index is 278. The van der Waals surface area contributed by atoms with E-state index in [2.05, 4.69) is 12.2 Å². The van der Waals surface area contributed by atoms with E-state index in [0.717, 1.165) is 12.8 Å². The van der Waals surface area contributed by atoms with Crippen molar-refractivity contribution in [3.8, 4) is 6.07 Å². The molecule has 0 heterocycles. The lowest BCUT2D eigenvalue weighted by molar-refractivity contribution is -0.127. The lowest BCUT2D eigenvalue weighted by atomic mass is 9.86. The Morgan fingerprint density at radius 3 is 2.67 bits per heavy atom. The summed E-state index contributed by atoms with van der Waals surface area (Å²) in [4.78, 5) is 11.7. The second-order valence-corrected chi connectivity index (χ2v) is 5.18. The van der Waals surface area contributed by atoms with Crippen molar-refractivity contribution in [2.24, 2.45) is 11.3 Å². The summed E-state index contributed by atoms with van der Waals surface area (Å²) >= 11 is 0. The SMILES string of the molecule is CC1CCCC(NC(=O)C(C)(C)C#N)C1. The third-order valence-corrected chi connectivity index (χ3v) is 3.12. The van der Waals surface area contributed by atoms with E-state index in [4.69, 9.17) is 5.26 Å². The van der Waals surface area contributed by atoms with Gasteiger partial charge in [-0.25, -0.2) is 0 Å². The first-order valence-corrected chi connectivity index (χ1v) is 5.68. The van der Waals surface area contributed by atoms with Gasteiger partial charge in [-0.1, -0.05) is 19.8 Å². The summed E-state index contributed by atoms with van der Waals surface area (Å²) in [6.07, 6.45) is 4.54. The summed E-state index contributed by atoms with van der Waals surface area (Å²) in [6, 6.07) is 2.30. The molecule has 0 bridgehead atoms. The summed E-state index contributed by atoms with van der Waals surface area (Å²) < 4.78 is 0. The molecule has 0 aliphatic heterocycles. The van der Waals surface area contributed by atoms with Gasteiger partial charge >= 0.3 is 0 Å². The van der Waals surface area contributed by atoms with E-state index in [1.165, 1.54) is 12.8 Å². The van der Waals surface area contributed by atoms with E-state index in [1.54, 1.807) is 13.8 Å². The maximum Gasteiger partial charge on any atom is 0.240 e. The van der Waals surface area contributed by atoms with Crippen molar-refractivity contribution in [3.63, 3.8) is 0 Å². The van der Waals surface area contributed by atoms with E-state index in [0.29, 0.717) is 5.92 Å². The number of nitriles is 1. The minimum Gasteiger partial charge on any atom is -0.352 e. The molecule has 84 valence electrons. The van der Waals surface area contributed by atoms with Crippen LogP contribution in [0.25, 0.3) is 0 Å². The van der Waals surface area contributed by atoms with Crippen molar-refractivity contribution in [1.29, 1.82) is 5.26 Å². The molecule has 1 amide bonds. The Kier molecular flexibility index (Phi) is 3.73. The zero-order valence-corrected chi connectivity index (χ0v) is 9.84. The van der Waals surface area contributed by atoms with Crippen molar-refractivity contribution in [3.05, 3.63) is 0 Å². The molecule has 1 fully saturated rings. The fourth-order valence-electron chi connectivity index (χ4n) is 1.98. The number of nitrogens with one attached hydrogen (secondary N) is 1. The third kappa shape index (κ3) is 3.23. The first-order valence-electron chi connectivity index (χ1n) is 5.68. The van der Waals surface area contributed by atoms with Crippen molar-refractivity contribution in [1.82, 2.24) is 5.32 Å². The molecule has 3 nitrogen and oxygen atoms in total. The molecule has 0 aromatic heterocycles. The molecule has 1 aliphatic carbocycles. The molecule has 0 spiro atoms. The highest BCUT2D eigenvalue weighted by molar-refractivity contribution is 5.84. The Morgan fingerprint density at radius 1 is 1.47 bits per heavy atom. The Balaban J connectivity index is 2.48. The summed E-state index contributed by atoms with van der Waals surface area (Å²) in [6.45, 7) is 5.54. The molecular weight excluding hydrogens is 188 g/mol. The number of carbonyl (C=O) groups is 1. The number of amides is 1. The summed E-state index contributed by atoms with van der Waals surface area (Å²) in [5.41, 5.74) is -0.902. The first-order chi connectivity index (χ1) is 6.95. The second kappa shape index (κ2) is 4.65. The molecule has 2 atom stereocenters. The van der Waals surface area contributed by atoms with E-state index in [9.17, 15) is 4.79 Å². The highest BCUT2D eigenvalue weighted by Crippen LogP contribution is 2.24. The van der Waals surface area contributed by atoms with Gasteiger partial charge in [0.05, 0.1) is 6.07 Å². The lowest BCUT2D eigenvalue weighted by Gasteiger charge is -2.29. The average Bonchev–Trinajstić information content (AvgIpc) is 2.17. The minimum atomic E-state index is -0.902. The van der Waals surface area contributed by atoms with Crippen LogP contribution in [-0.2, 0) is 4.79 Å². The second-order valence-electron chi connectivity index (χ2n) is 5.18. The fourth-order valence-corrected chi connectivity index (χ4v) is 1.98. The molecule has 0 aromatic rings. The smallest absolute Gasteiger partial charge is 0.240 e. The molecule has 0 radical (unpaired) electrons. The molecule has 0 aromatic carbocycles. The molecule has 1 saturated carbocycles. The largest absolute Gasteiger partial charge is 0.352 e. The number of carbonyl (C=O) groups excluding carboxylic acids is 1. The summed E-state index contributed by atoms with van der Waals surface area (Å²) in [5, 5.41) is 11.8. The Morgan fingerprint density at radius 2 is 2.13 bits per heavy atom. The normalized spacial score (nSPS) is 26.8. The van der Waals surface area contributed by atoms with Gasteiger partial charge < -0.3 is 5.32 Å². The van der Waals surface area contributed by atoms with Gasteiger partial charge in [-0.05, 0) is 32.6 Å². The summed E-state index contributed by atoms with van der Waals surface area (Å²) in [5.74, 6) is 0.554.